The first-order valence-corrected chi connectivity index (χ1v) is 8.69. The van der Waals surface area contributed by atoms with E-state index in [0.29, 0.717) is 17.0 Å². The zero-order valence-corrected chi connectivity index (χ0v) is 13.7. The Labute approximate surface area is 139 Å². The number of hydrogen-bond acceptors (Lipinski definition) is 3. The normalized spacial score (nSPS) is 19.4. The number of carbonyl (C=O) groups excluding carboxylic acids is 1. The van der Waals surface area contributed by atoms with Crippen molar-refractivity contribution in [2.75, 3.05) is 6.54 Å². The van der Waals surface area contributed by atoms with Gasteiger partial charge in [0.05, 0.1) is 6.10 Å². The lowest BCUT2D eigenvalue weighted by Gasteiger charge is -2.26. The SMILES string of the molecule is O=C(c1cccc(Cl)c1)N1CCC[C@@H]1C[C@H](O)c1cccs1. The Hall–Kier alpha value is -1.36. The lowest BCUT2D eigenvalue weighted by atomic mass is 10.0. The summed E-state index contributed by atoms with van der Waals surface area (Å²) in [5.41, 5.74) is 0.616. The highest BCUT2D eigenvalue weighted by Gasteiger charge is 2.31. The van der Waals surface area contributed by atoms with Crippen LogP contribution in [0.25, 0.3) is 0 Å². The molecule has 1 aliphatic heterocycles. The van der Waals surface area contributed by atoms with Crippen LogP contribution in [-0.2, 0) is 0 Å². The predicted octanol–water partition coefficient (Wildman–Crippen LogP) is 4.13. The maximum atomic E-state index is 12.7. The molecule has 3 rings (SSSR count). The fourth-order valence-corrected chi connectivity index (χ4v) is 3.91. The van der Waals surface area contributed by atoms with Crippen LogP contribution in [0.1, 0.15) is 40.6 Å². The first kappa shape index (κ1) is 15.5. The molecular weight excluding hydrogens is 318 g/mol. The molecule has 2 atom stereocenters. The highest BCUT2D eigenvalue weighted by Crippen LogP contribution is 2.30. The first-order chi connectivity index (χ1) is 10.6. The van der Waals surface area contributed by atoms with Crippen molar-refractivity contribution in [2.24, 2.45) is 0 Å². The van der Waals surface area contributed by atoms with Crippen LogP contribution in [0.4, 0.5) is 0 Å². The van der Waals surface area contributed by atoms with Gasteiger partial charge in [0.2, 0.25) is 0 Å². The van der Waals surface area contributed by atoms with Gasteiger partial charge in [-0.05, 0) is 48.9 Å². The third-order valence-corrected chi connectivity index (χ3v) is 5.29. The average Bonchev–Trinajstić information content (AvgIpc) is 3.18. The van der Waals surface area contributed by atoms with E-state index in [1.165, 1.54) is 0 Å². The molecule has 2 aromatic rings. The van der Waals surface area contributed by atoms with Crippen molar-refractivity contribution in [1.29, 1.82) is 0 Å². The molecule has 1 aromatic heterocycles. The lowest BCUT2D eigenvalue weighted by molar-refractivity contribution is 0.0670. The van der Waals surface area contributed by atoms with Crippen molar-refractivity contribution in [2.45, 2.75) is 31.4 Å². The molecule has 1 fully saturated rings. The second-order valence-corrected chi connectivity index (χ2v) is 6.99. The van der Waals surface area contributed by atoms with Crippen LogP contribution in [0, 0.1) is 0 Å². The monoisotopic (exact) mass is 335 g/mol. The van der Waals surface area contributed by atoms with Crippen molar-refractivity contribution in [3.05, 3.63) is 57.2 Å². The average molecular weight is 336 g/mol. The molecule has 22 heavy (non-hydrogen) atoms. The van der Waals surface area contributed by atoms with E-state index >= 15 is 0 Å². The Balaban J connectivity index is 1.71. The molecule has 0 aliphatic carbocycles. The van der Waals surface area contributed by atoms with Crippen LogP contribution in [0.2, 0.25) is 5.02 Å². The molecule has 0 radical (unpaired) electrons. The Morgan fingerprint density at radius 3 is 3.00 bits per heavy atom. The predicted molar refractivity (Wildman–Crippen MR) is 89.4 cm³/mol. The van der Waals surface area contributed by atoms with E-state index in [2.05, 4.69) is 0 Å². The molecule has 2 heterocycles. The third kappa shape index (κ3) is 3.35. The summed E-state index contributed by atoms with van der Waals surface area (Å²) in [7, 11) is 0. The number of aliphatic hydroxyl groups excluding tert-OH is 1. The Morgan fingerprint density at radius 2 is 2.27 bits per heavy atom. The lowest BCUT2D eigenvalue weighted by Crippen LogP contribution is -2.36. The fraction of sp³-hybridized carbons (Fsp3) is 0.353. The number of halogens is 1. The van der Waals surface area contributed by atoms with Crippen LogP contribution >= 0.6 is 22.9 Å². The number of hydrogen-bond donors (Lipinski definition) is 1. The maximum Gasteiger partial charge on any atom is 0.254 e. The van der Waals surface area contributed by atoms with E-state index < -0.39 is 6.10 Å². The number of benzene rings is 1. The van der Waals surface area contributed by atoms with E-state index in [-0.39, 0.29) is 11.9 Å². The largest absolute Gasteiger partial charge is 0.387 e. The van der Waals surface area contributed by atoms with Crippen LogP contribution in [0.3, 0.4) is 0 Å². The van der Waals surface area contributed by atoms with Crippen molar-refractivity contribution >= 4 is 28.8 Å². The minimum Gasteiger partial charge on any atom is -0.387 e. The minimum atomic E-state index is -0.502. The van der Waals surface area contributed by atoms with Crippen LogP contribution in [0.5, 0.6) is 0 Å². The summed E-state index contributed by atoms with van der Waals surface area (Å²) in [5.74, 6) is 0.00313. The van der Waals surface area contributed by atoms with E-state index in [1.807, 2.05) is 22.4 Å². The molecular formula is C17H18ClNO2S. The summed E-state index contributed by atoms with van der Waals surface area (Å²) in [6, 6.07) is 11.0. The molecule has 0 spiro atoms. The zero-order chi connectivity index (χ0) is 15.5. The molecule has 0 bridgehead atoms. The highest BCUT2D eigenvalue weighted by molar-refractivity contribution is 7.10. The minimum absolute atomic E-state index is 0.00313. The van der Waals surface area contributed by atoms with Gasteiger partial charge >= 0.3 is 0 Å². The molecule has 1 saturated heterocycles. The Kier molecular flexibility index (Phi) is 4.81. The van der Waals surface area contributed by atoms with E-state index in [1.54, 1.807) is 35.6 Å². The quantitative estimate of drug-likeness (QED) is 0.912. The van der Waals surface area contributed by atoms with E-state index in [4.69, 9.17) is 11.6 Å². The molecule has 1 aliphatic rings. The summed E-state index contributed by atoms with van der Waals surface area (Å²) in [5, 5.41) is 12.9. The summed E-state index contributed by atoms with van der Waals surface area (Å²) < 4.78 is 0. The van der Waals surface area contributed by atoms with E-state index in [9.17, 15) is 9.90 Å². The molecule has 116 valence electrons. The van der Waals surface area contributed by atoms with Gasteiger partial charge in [-0.25, -0.2) is 0 Å². The molecule has 1 aromatic carbocycles. The fourth-order valence-electron chi connectivity index (χ4n) is 2.99. The van der Waals surface area contributed by atoms with Gasteiger partial charge in [0, 0.05) is 28.0 Å². The van der Waals surface area contributed by atoms with Gasteiger partial charge in [0.25, 0.3) is 5.91 Å². The standard InChI is InChI=1S/C17H18ClNO2S/c18-13-5-1-4-12(10-13)17(21)19-8-2-6-14(19)11-15(20)16-7-3-9-22-16/h1,3-5,7,9-10,14-15,20H,2,6,8,11H2/t14-,15+/m1/s1. The molecule has 1 N–H and O–H groups in total. The molecule has 5 heteroatoms. The number of likely N-dealkylation sites (tertiary alicyclic amines) is 1. The summed E-state index contributed by atoms with van der Waals surface area (Å²) in [6.07, 6.45) is 2.01. The second-order valence-electron chi connectivity index (χ2n) is 5.57. The number of aliphatic hydroxyl groups is 1. The number of rotatable bonds is 4. The highest BCUT2D eigenvalue weighted by atomic mass is 35.5. The maximum absolute atomic E-state index is 12.7. The van der Waals surface area contributed by atoms with Crippen molar-refractivity contribution in [1.82, 2.24) is 4.90 Å². The summed E-state index contributed by atoms with van der Waals surface area (Å²) in [4.78, 5) is 15.5. The number of amides is 1. The third-order valence-electron chi connectivity index (χ3n) is 4.08. The molecule has 0 unspecified atom stereocenters. The van der Waals surface area contributed by atoms with Gasteiger partial charge in [0.15, 0.2) is 0 Å². The van der Waals surface area contributed by atoms with Gasteiger partial charge in [-0.2, -0.15) is 0 Å². The van der Waals surface area contributed by atoms with Crippen LogP contribution in [-0.4, -0.2) is 28.5 Å². The topological polar surface area (TPSA) is 40.5 Å². The van der Waals surface area contributed by atoms with E-state index in [0.717, 1.165) is 24.3 Å². The van der Waals surface area contributed by atoms with Crippen molar-refractivity contribution < 1.29 is 9.90 Å². The van der Waals surface area contributed by atoms with Gasteiger partial charge in [-0.1, -0.05) is 23.7 Å². The van der Waals surface area contributed by atoms with Crippen molar-refractivity contribution in [3.63, 3.8) is 0 Å². The summed E-state index contributed by atoms with van der Waals surface area (Å²) >= 11 is 7.53. The van der Waals surface area contributed by atoms with Gasteiger partial charge < -0.3 is 10.0 Å². The van der Waals surface area contributed by atoms with Crippen LogP contribution < -0.4 is 0 Å². The first-order valence-electron chi connectivity index (χ1n) is 7.43. The zero-order valence-electron chi connectivity index (χ0n) is 12.1. The van der Waals surface area contributed by atoms with Gasteiger partial charge in [-0.3, -0.25) is 4.79 Å². The smallest absolute Gasteiger partial charge is 0.254 e. The van der Waals surface area contributed by atoms with Crippen LogP contribution in [0.15, 0.2) is 41.8 Å². The number of nitrogens with zero attached hydrogens (tertiary/aromatic N) is 1. The molecule has 1 amide bonds. The second kappa shape index (κ2) is 6.82. The Morgan fingerprint density at radius 1 is 1.41 bits per heavy atom. The van der Waals surface area contributed by atoms with Gasteiger partial charge in [-0.15, -0.1) is 11.3 Å². The van der Waals surface area contributed by atoms with Gasteiger partial charge in [0.1, 0.15) is 0 Å². The molecule has 0 saturated carbocycles. The summed E-state index contributed by atoms with van der Waals surface area (Å²) in [6.45, 7) is 0.743. The number of carbonyl (C=O) groups is 1. The van der Waals surface area contributed by atoms with Crippen molar-refractivity contribution in [3.8, 4) is 0 Å². The number of thiophene rings is 1. The molecule has 3 nitrogen and oxygen atoms in total. The Bertz CT molecular complexity index is 644.